The summed E-state index contributed by atoms with van der Waals surface area (Å²) < 4.78 is 15.3. The fourth-order valence-corrected chi connectivity index (χ4v) is 2.07. The maximum Gasteiger partial charge on any atom is 0.147 e. The zero-order valence-electron chi connectivity index (χ0n) is 10.5. The molecule has 1 aromatic carbocycles. The Morgan fingerprint density at radius 3 is 2.60 bits per heavy atom. The molecule has 3 rings (SSSR count). The van der Waals surface area contributed by atoms with E-state index in [4.69, 9.17) is 0 Å². The maximum atomic E-state index is 13.7. The average Bonchev–Trinajstić information content (AvgIpc) is 2.97. The monoisotopic (exact) mass is 269 g/mol. The Labute approximate surface area is 115 Å². The third-order valence-electron chi connectivity index (χ3n) is 3.05. The summed E-state index contributed by atoms with van der Waals surface area (Å²) in [7, 11) is 0. The first kappa shape index (κ1) is 12.5. The summed E-state index contributed by atoms with van der Waals surface area (Å²) in [5.74, 6) is -0.541. The van der Waals surface area contributed by atoms with Crippen molar-refractivity contribution in [3.05, 3.63) is 78.1 Å². The van der Waals surface area contributed by atoms with Gasteiger partial charge in [0, 0.05) is 18.0 Å². The molecule has 3 aromatic rings. The van der Waals surface area contributed by atoms with Gasteiger partial charge in [0.2, 0.25) is 0 Å². The van der Waals surface area contributed by atoms with E-state index in [1.807, 2.05) is 30.3 Å². The molecule has 0 spiro atoms. The average molecular weight is 269 g/mol. The highest BCUT2D eigenvalue weighted by Gasteiger charge is 2.19. The lowest BCUT2D eigenvalue weighted by Crippen LogP contribution is -2.10. The largest absolute Gasteiger partial charge is 0.382 e. The number of halogens is 1. The Balaban J connectivity index is 2.04. The first-order valence-corrected chi connectivity index (χ1v) is 6.14. The Kier molecular flexibility index (Phi) is 3.26. The van der Waals surface area contributed by atoms with Crippen molar-refractivity contribution in [1.29, 1.82) is 0 Å². The van der Waals surface area contributed by atoms with Gasteiger partial charge in [0.05, 0.1) is 17.6 Å². The summed E-state index contributed by atoms with van der Waals surface area (Å²) in [4.78, 5) is 3.68. The number of hydrogen-bond donors (Lipinski definition) is 1. The number of benzene rings is 1. The smallest absolute Gasteiger partial charge is 0.147 e. The predicted molar refractivity (Wildman–Crippen MR) is 71.8 cm³/mol. The van der Waals surface area contributed by atoms with E-state index in [2.05, 4.69) is 10.1 Å². The van der Waals surface area contributed by atoms with E-state index in [0.29, 0.717) is 5.69 Å². The number of para-hydroxylation sites is 1. The van der Waals surface area contributed by atoms with Gasteiger partial charge < -0.3 is 5.11 Å². The van der Waals surface area contributed by atoms with Crippen molar-refractivity contribution >= 4 is 0 Å². The van der Waals surface area contributed by atoms with E-state index in [9.17, 15) is 9.50 Å². The van der Waals surface area contributed by atoms with Gasteiger partial charge >= 0.3 is 0 Å². The lowest BCUT2D eigenvalue weighted by Gasteiger charge is -2.14. The van der Waals surface area contributed by atoms with Crippen molar-refractivity contribution in [3.8, 4) is 5.69 Å². The van der Waals surface area contributed by atoms with Crippen molar-refractivity contribution < 1.29 is 9.50 Å². The van der Waals surface area contributed by atoms with Crippen LogP contribution >= 0.6 is 0 Å². The first-order valence-electron chi connectivity index (χ1n) is 6.14. The lowest BCUT2D eigenvalue weighted by atomic mass is 10.1. The molecule has 5 heteroatoms. The van der Waals surface area contributed by atoms with Crippen LogP contribution in [0, 0.1) is 5.82 Å². The van der Waals surface area contributed by atoms with Crippen LogP contribution in [0.15, 0.2) is 61.1 Å². The van der Waals surface area contributed by atoms with Crippen molar-refractivity contribution in [1.82, 2.24) is 14.8 Å². The lowest BCUT2D eigenvalue weighted by molar-refractivity contribution is 0.206. The molecule has 100 valence electrons. The molecule has 0 radical (unpaired) electrons. The summed E-state index contributed by atoms with van der Waals surface area (Å²) in [6, 6.07) is 12.5. The molecular weight excluding hydrogens is 257 g/mol. The molecule has 0 amide bonds. The van der Waals surface area contributed by atoms with E-state index < -0.39 is 11.9 Å². The maximum absolute atomic E-state index is 13.7. The normalized spacial score (nSPS) is 12.3. The van der Waals surface area contributed by atoms with E-state index in [0.717, 1.165) is 11.9 Å². The van der Waals surface area contributed by atoms with Crippen molar-refractivity contribution in [2.24, 2.45) is 0 Å². The number of nitrogens with zero attached hydrogens (tertiary/aromatic N) is 3. The Hall–Kier alpha value is -2.53. The zero-order chi connectivity index (χ0) is 13.9. The van der Waals surface area contributed by atoms with Gasteiger partial charge in [-0.05, 0) is 24.3 Å². The molecule has 0 fully saturated rings. The third-order valence-corrected chi connectivity index (χ3v) is 3.05. The van der Waals surface area contributed by atoms with Crippen LogP contribution in [-0.2, 0) is 0 Å². The van der Waals surface area contributed by atoms with Gasteiger partial charge in [0.15, 0.2) is 0 Å². The fraction of sp³-hybridized carbons (Fsp3) is 0.0667. The van der Waals surface area contributed by atoms with Gasteiger partial charge in [-0.3, -0.25) is 4.98 Å². The number of aromatic nitrogens is 3. The number of rotatable bonds is 3. The van der Waals surface area contributed by atoms with E-state index >= 15 is 0 Å². The summed E-state index contributed by atoms with van der Waals surface area (Å²) in [5, 5.41) is 14.6. The van der Waals surface area contributed by atoms with Crippen molar-refractivity contribution in [2.45, 2.75) is 6.10 Å². The Morgan fingerprint density at radius 2 is 1.85 bits per heavy atom. The Morgan fingerprint density at radius 1 is 1.05 bits per heavy atom. The standard InChI is InChI=1S/C15H12FN3O/c16-13-10-17-8-6-12(13)15(20)14-7-9-18-19(14)11-4-2-1-3-5-11/h1-10,15,20H. The highest BCUT2D eigenvalue weighted by molar-refractivity contribution is 5.35. The summed E-state index contributed by atoms with van der Waals surface area (Å²) >= 11 is 0. The van der Waals surface area contributed by atoms with Crippen LogP contribution in [0.2, 0.25) is 0 Å². The molecule has 2 heterocycles. The fourth-order valence-electron chi connectivity index (χ4n) is 2.07. The zero-order valence-corrected chi connectivity index (χ0v) is 10.5. The number of pyridine rings is 1. The summed E-state index contributed by atoms with van der Waals surface area (Å²) in [5.41, 5.74) is 1.49. The van der Waals surface area contributed by atoms with E-state index in [1.54, 1.807) is 16.9 Å². The number of hydrogen-bond acceptors (Lipinski definition) is 3. The predicted octanol–water partition coefficient (Wildman–Crippen LogP) is 2.49. The second-order valence-corrected chi connectivity index (χ2v) is 4.30. The summed E-state index contributed by atoms with van der Waals surface area (Å²) in [6.07, 6.45) is 3.01. The minimum atomic E-state index is -1.10. The van der Waals surface area contributed by atoms with Crippen LogP contribution in [-0.4, -0.2) is 19.9 Å². The van der Waals surface area contributed by atoms with Gasteiger partial charge in [-0.2, -0.15) is 5.10 Å². The molecule has 0 saturated heterocycles. The topological polar surface area (TPSA) is 50.9 Å². The second-order valence-electron chi connectivity index (χ2n) is 4.30. The minimum Gasteiger partial charge on any atom is -0.382 e. The number of aliphatic hydroxyl groups is 1. The Bertz CT molecular complexity index is 712. The second kappa shape index (κ2) is 5.22. The molecule has 1 atom stereocenters. The number of aliphatic hydroxyl groups excluding tert-OH is 1. The first-order chi connectivity index (χ1) is 9.77. The summed E-state index contributed by atoms with van der Waals surface area (Å²) in [6.45, 7) is 0. The van der Waals surface area contributed by atoms with Crippen LogP contribution in [0.25, 0.3) is 5.69 Å². The molecular formula is C15H12FN3O. The molecule has 20 heavy (non-hydrogen) atoms. The highest BCUT2D eigenvalue weighted by Crippen LogP contribution is 2.25. The third kappa shape index (κ3) is 2.19. The molecule has 0 aliphatic rings. The van der Waals surface area contributed by atoms with Crippen LogP contribution in [0.4, 0.5) is 4.39 Å². The van der Waals surface area contributed by atoms with Gasteiger partial charge in [-0.1, -0.05) is 18.2 Å². The van der Waals surface area contributed by atoms with E-state index in [-0.39, 0.29) is 5.56 Å². The molecule has 0 aliphatic carbocycles. The van der Waals surface area contributed by atoms with Gasteiger partial charge in [0.1, 0.15) is 11.9 Å². The molecule has 1 N–H and O–H groups in total. The molecule has 0 saturated carbocycles. The van der Waals surface area contributed by atoms with Gasteiger partial charge in [-0.25, -0.2) is 9.07 Å². The van der Waals surface area contributed by atoms with Crippen LogP contribution in [0.1, 0.15) is 17.4 Å². The van der Waals surface area contributed by atoms with Crippen LogP contribution < -0.4 is 0 Å². The highest BCUT2D eigenvalue weighted by atomic mass is 19.1. The molecule has 2 aromatic heterocycles. The van der Waals surface area contributed by atoms with Crippen molar-refractivity contribution in [3.63, 3.8) is 0 Å². The molecule has 4 nitrogen and oxygen atoms in total. The quantitative estimate of drug-likeness (QED) is 0.794. The van der Waals surface area contributed by atoms with Gasteiger partial charge in [0.25, 0.3) is 0 Å². The van der Waals surface area contributed by atoms with Crippen LogP contribution in [0.3, 0.4) is 0 Å². The van der Waals surface area contributed by atoms with E-state index in [1.165, 1.54) is 12.3 Å². The minimum absolute atomic E-state index is 0.178. The molecule has 0 aliphatic heterocycles. The van der Waals surface area contributed by atoms with Gasteiger partial charge in [-0.15, -0.1) is 0 Å². The molecule has 0 bridgehead atoms. The SMILES string of the molecule is OC(c1ccncc1F)c1ccnn1-c1ccccc1. The molecule has 1 unspecified atom stereocenters. The van der Waals surface area contributed by atoms with Crippen molar-refractivity contribution in [2.75, 3.05) is 0 Å². The van der Waals surface area contributed by atoms with Crippen LogP contribution in [0.5, 0.6) is 0 Å².